The smallest absolute Gasteiger partial charge is 0.238 e. The Labute approximate surface area is 207 Å². The lowest BCUT2D eigenvalue weighted by atomic mass is 10.2. The number of amides is 1. The van der Waals surface area contributed by atoms with E-state index in [4.69, 9.17) is 0 Å². The minimum atomic E-state index is -3.78. The first kappa shape index (κ1) is 25.9. The molecular weight excluding hydrogens is 464 g/mol. The van der Waals surface area contributed by atoms with Crippen molar-refractivity contribution < 1.29 is 13.2 Å². The number of benzene rings is 2. The number of nitrogens with zero attached hydrogens (tertiary/aromatic N) is 2. The van der Waals surface area contributed by atoms with Crippen LogP contribution in [0.3, 0.4) is 0 Å². The van der Waals surface area contributed by atoms with Gasteiger partial charge < -0.3 is 4.90 Å². The zero-order chi connectivity index (χ0) is 24.6. The van der Waals surface area contributed by atoms with E-state index in [1.54, 1.807) is 22.3 Å². The topological polar surface area (TPSA) is 57.7 Å². The lowest BCUT2D eigenvalue weighted by Gasteiger charge is -2.27. The van der Waals surface area contributed by atoms with Crippen molar-refractivity contribution in [1.82, 2.24) is 9.21 Å². The fraction of sp³-hybridized carbons (Fsp3) is 0.296. The van der Waals surface area contributed by atoms with E-state index in [9.17, 15) is 13.2 Å². The molecule has 2 aromatic carbocycles. The van der Waals surface area contributed by atoms with Crippen molar-refractivity contribution >= 4 is 33.3 Å². The number of rotatable bonds is 11. The van der Waals surface area contributed by atoms with Gasteiger partial charge in [-0.1, -0.05) is 74.5 Å². The molecule has 0 unspecified atom stereocenters. The van der Waals surface area contributed by atoms with Crippen LogP contribution in [0.25, 0.3) is 6.08 Å². The molecule has 0 radical (unpaired) electrons. The maximum atomic E-state index is 13.5. The lowest BCUT2D eigenvalue weighted by Crippen LogP contribution is -2.43. The number of thiophene rings is 1. The predicted molar refractivity (Wildman–Crippen MR) is 141 cm³/mol. The summed E-state index contributed by atoms with van der Waals surface area (Å²) < 4.78 is 27.7. The molecule has 0 N–H and O–H groups in total. The molecule has 0 fully saturated rings. The second-order valence-electron chi connectivity index (χ2n) is 8.71. The Balaban J connectivity index is 1.83. The number of aryl methyl sites for hydroxylation is 1. The summed E-state index contributed by atoms with van der Waals surface area (Å²) in [5.74, 6) is -0.135. The third kappa shape index (κ3) is 7.65. The van der Waals surface area contributed by atoms with Gasteiger partial charge in [0, 0.05) is 23.4 Å². The first-order chi connectivity index (χ1) is 16.2. The van der Waals surface area contributed by atoms with Crippen molar-refractivity contribution in [3.05, 3.63) is 99.1 Å². The van der Waals surface area contributed by atoms with E-state index in [1.807, 2.05) is 92.9 Å². The van der Waals surface area contributed by atoms with Crippen LogP contribution < -0.4 is 0 Å². The van der Waals surface area contributed by atoms with E-state index < -0.39 is 10.0 Å². The molecule has 34 heavy (non-hydrogen) atoms. The third-order valence-electron chi connectivity index (χ3n) is 5.34. The molecule has 0 saturated carbocycles. The standard InChI is InChI=1S/C27H32N2O3S2/c1-22(2)18-29(34(31,32)17-15-24-10-6-4-7-11-24)21-27(30)28(19-25-12-8-5-9-13-25)20-26-23(3)14-16-33-26/h4-17,22H,18-21H2,1-3H3. The highest BCUT2D eigenvalue weighted by Gasteiger charge is 2.26. The normalized spacial score (nSPS) is 12.0. The highest BCUT2D eigenvalue weighted by Crippen LogP contribution is 2.20. The van der Waals surface area contributed by atoms with Crippen molar-refractivity contribution in [1.29, 1.82) is 0 Å². The van der Waals surface area contributed by atoms with Gasteiger partial charge in [0.05, 0.1) is 13.1 Å². The fourth-order valence-corrected chi connectivity index (χ4v) is 5.73. The van der Waals surface area contributed by atoms with Gasteiger partial charge in [0.15, 0.2) is 0 Å². The SMILES string of the molecule is Cc1ccsc1CN(Cc1ccccc1)C(=O)CN(CC(C)C)S(=O)(=O)C=Cc1ccccc1. The largest absolute Gasteiger partial charge is 0.332 e. The molecule has 1 aromatic heterocycles. The Bertz CT molecular complexity index is 1190. The second kappa shape index (κ2) is 12.1. The number of hydrogen-bond donors (Lipinski definition) is 0. The molecule has 0 aliphatic rings. The van der Waals surface area contributed by atoms with Crippen molar-refractivity contribution in [3.63, 3.8) is 0 Å². The van der Waals surface area contributed by atoms with Crippen LogP contribution in [0.1, 0.15) is 35.4 Å². The van der Waals surface area contributed by atoms with Crippen molar-refractivity contribution in [3.8, 4) is 0 Å². The second-order valence-corrected chi connectivity index (χ2v) is 11.5. The number of sulfonamides is 1. The lowest BCUT2D eigenvalue weighted by molar-refractivity contribution is -0.132. The average molecular weight is 497 g/mol. The summed E-state index contributed by atoms with van der Waals surface area (Å²) in [7, 11) is -3.78. The molecule has 5 nitrogen and oxygen atoms in total. The minimum absolute atomic E-state index is 0.0785. The highest BCUT2D eigenvalue weighted by molar-refractivity contribution is 7.92. The highest BCUT2D eigenvalue weighted by atomic mass is 32.2. The summed E-state index contributed by atoms with van der Waals surface area (Å²) in [6.07, 6.45) is 1.57. The van der Waals surface area contributed by atoms with E-state index in [0.29, 0.717) is 13.1 Å². The van der Waals surface area contributed by atoms with Crippen LogP contribution in [0.15, 0.2) is 77.5 Å². The molecule has 7 heteroatoms. The van der Waals surface area contributed by atoms with Crippen molar-refractivity contribution in [2.24, 2.45) is 5.92 Å². The van der Waals surface area contributed by atoms with Crippen LogP contribution in [0.2, 0.25) is 0 Å². The van der Waals surface area contributed by atoms with E-state index in [1.165, 1.54) is 9.71 Å². The molecule has 1 amide bonds. The van der Waals surface area contributed by atoms with Gasteiger partial charge in [-0.15, -0.1) is 11.3 Å². The molecule has 0 spiro atoms. The summed E-state index contributed by atoms with van der Waals surface area (Å²) in [5.41, 5.74) is 2.93. The molecule has 180 valence electrons. The summed E-state index contributed by atoms with van der Waals surface area (Å²) in [4.78, 5) is 16.3. The van der Waals surface area contributed by atoms with Gasteiger partial charge in [-0.3, -0.25) is 4.79 Å². The minimum Gasteiger partial charge on any atom is -0.332 e. The van der Waals surface area contributed by atoms with E-state index in [0.717, 1.165) is 21.6 Å². The molecule has 0 aliphatic heterocycles. The molecule has 0 bridgehead atoms. The maximum absolute atomic E-state index is 13.5. The van der Waals surface area contributed by atoms with Crippen molar-refractivity contribution in [2.75, 3.05) is 13.1 Å². The van der Waals surface area contributed by atoms with Gasteiger partial charge in [0.2, 0.25) is 15.9 Å². The summed E-state index contributed by atoms with van der Waals surface area (Å²) in [6, 6.07) is 21.1. The monoisotopic (exact) mass is 496 g/mol. The average Bonchev–Trinajstić information content (AvgIpc) is 3.22. The summed E-state index contributed by atoms with van der Waals surface area (Å²) in [5, 5.41) is 3.21. The van der Waals surface area contributed by atoms with Crippen LogP contribution in [0.5, 0.6) is 0 Å². The molecule has 0 saturated heterocycles. The van der Waals surface area contributed by atoms with Gasteiger partial charge in [0.25, 0.3) is 0 Å². The number of hydrogen-bond acceptors (Lipinski definition) is 4. The Hall–Kier alpha value is -2.74. The first-order valence-electron chi connectivity index (χ1n) is 11.3. The zero-order valence-corrected chi connectivity index (χ0v) is 21.6. The Morgan fingerprint density at radius 3 is 2.21 bits per heavy atom. The predicted octanol–water partition coefficient (Wildman–Crippen LogP) is 5.54. The van der Waals surface area contributed by atoms with Gasteiger partial charge in [0.1, 0.15) is 0 Å². The zero-order valence-electron chi connectivity index (χ0n) is 19.9. The summed E-state index contributed by atoms with van der Waals surface area (Å²) >= 11 is 1.61. The molecule has 1 heterocycles. The maximum Gasteiger partial charge on any atom is 0.238 e. The molecule has 0 atom stereocenters. The van der Waals surface area contributed by atoms with Crippen LogP contribution in [0.4, 0.5) is 0 Å². The van der Waals surface area contributed by atoms with E-state index in [-0.39, 0.29) is 24.9 Å². The van der Waals surface area contributed by atoms with Crippen LogP contribution in [0, 0.1) is 12.8 Å². The van der Waals surface area contributed by atoms with Crippen LogP contribution in [-0.2, 0) is 27.9 Å². The number of carbonyl (C=O) groups is 1. The van der Waals surface area contributed by atoms with Crippen LogP contribution >= 0.6 is 11.3 Å². The summed E-state index contributed by atoms with van der Waals surface area (Å²) in [6.45, 7) is 6.87. The van der Waals surface area contributed by atoms with E-state index in [2.05, 4.69) is 0 Å². The van der Waals surface area contributed by atoms with Crippen LogP contribution in [-0.4, -0.2) is 36.6 Å². The molecule has 3 aromatic rings. The Kier molecular flexibility index (Phi) is 9.21. The molecule has 3 rings (SSSR count). The van der Waals surface area contributed by atoms with Gasteiger partial charge in [-0.2, -0.15) is 4.31 Å². The van der Waals surface area contributed by atoms with Gasteiger partial charge in [-0.25, -0.2) is 8.42 Å². The Morgan fingerprint density at radius 1 is 0.971 bits per heavy atom. The fourth-order valence-electron chi connectivity index (χ4n) is 3.51. The first-order valence-corrected chi connectivity index (χ1v) is 13.7. The molecule has 0 aliphatic carbocycles. The van der Waals surface area contributed by atoms with Crippen molar-refractivity contribution in [2.45, 2.75) is 33.9 Å². The Morgan fingerprint density at radius 2 is 1.62 bits per heavy atom. The third-order valence-corrected chi connectivity index (χ3v) is 7.83. The van der Waals surface area contributed by atoms with Gasteiger partial charge in [-0.05, 0) is 47.1 Å². The van der Waals surface area contributed by atoms with E-state index >= 15 is 0 Å². The quantitative estimate of drug-likeness (QED) is 0.350. The number of carbonyl (C=O) groups excluding carboxylic acids is 1. The van der Waals surface area contributed by atoms with Gasteiger partial charge >= 0.3 is 0 Å². The molecular formula is C27H32N2O3S2.